The van der Waals surface area contributed by atoms with Crippen LogP contribution < -0.4 is 0 Å². The highest BCUT2D eigenvalue weighted by atomic mass is 32.2. The minimum Gasteiger partial charge on any atom is -0.293 e. The van der Waals surface area contributed by atoms with Crippen molar-refractivity contribution in [2.45, 2.75) is 26.7 Å². The number of hydrogen-bond donors (Lipinski definition) is 1. The molecule has 5 heteroatoms. The molecule has 3 bridgehead atoms. The SMILES string of the molecule is CC1(C)C2CCC13C(=O)/C2=C\c1ccccc1C=C3S(=O)(=O)O. The van der Waals surface area contributed by atoms with Crippen molar-refractivity contribution >= 4 is 28.1 Å². The van der Waals surface area contributed by atoms with Crippen LogP contribution in [0.25, 0.3) is 12.2 Å². The Kier molecular flexibility index (Phi) is 2.72. The summed E-state index contributed by atoms with van der Waals surface area (Å²) >= 11 is 0. The van der Waals surface area contributed by atoms with Gasteiger partial charge in [0.15, 0.2) is 5.78 Å². The molecule has 1 aromatic carbocycles. The van der Waals surface area contributed by atoms with E-state index in [1.165, 1.54) is 6.08 Å². The standard InChI is InChI=1S/C18H18O4S/c1-17(2)14-7-8-18(17)15(23(20,21)22)10-12-6-4-3-5-11(12)9-13(14)16(18)19/h3-6,9-10,14H,7-8H2,1-2H3,(H,20,21,22)/b13-9-,15-10?. The highest BCUT2D eigenvalue weighted by Gasteiger charge is 2.70. The van der Waals surface area contributed by atoms with Crippen LogP contribution in [0, 0.1) is 16.7 Å². The highest BCUT2D eigenvalue weighted by Crippen LogP contribution is 2.70. The molecule has 4 nitrogen and oxygen atoms in total. The molecule has 2 atom stereocenters. The van der Waals surface area contributed by atoms with Gasteiger partial charge in [-0.3, -0.25) is 9.35 Å². The number of fused-ring (bicyclic) bond motifs is 4. The summed E-state index contributed by atoms with van der Waals surface area (Å²) < 4.78 is 34.3. The summed E-state index contributed by atoms with van der Waals surface area (Å²) in [4.78, 5) is 13.0. The van der Waals surface area contributed by atoms with Crippen LogP contribution in [0.4, 0.5) is 0 Å². The number of ketones is 1. The second kappa shape index (κ2) is 4.22. The molecule has 0 amide bonds. The van der Waals surface area contributed by atoms with E-state index in [1.807, 2.05) is 44.2 Å². The summed E-state index contributed by atoms with van der Waals surface area (Å²) in [5.74, 6) is -0.122. The van der Waals surface area contributed by atoms with Crippen molar-refractivity contribution < 1.29 is 17.8 Å². The summed E-state index contributed by atoms with van der Waals surface area (Å²) in [7, 11) is -4.48. The van der Waals surface area contributed by atoms with Crippen LogP contribution >= 0.6 is 0 Å². The molecule has 1 spiro atoms. The maximum Gasteiger partial charge on any atom is 0.291 e. The van der Waals surface area contributed by atoms with Crippen molar-refractivity contribution in [3.05, 3.63) is 45.9 Å². The van der Waals surface area contributed by atoms with Crippen molar-refractivity contribution in [1.82, 2.24) is 0 Å². The van der Waals surface area contributed by atoms with Crippen molar-refractivity contribution in [2.75, 3.05) is 0 Å². The fraction of sp³-hybridized carbons (Fsp3) is 0.389. The Morgan fingerprint density at radius 1 is 1.13 bits per heavy atom. The molecule has 0 aromatic heterocycles. The Bertz CT molecular complexity index is 905. The third-order valence-electron chi connectivity index (χ3n) is 6.10. The molecule has 3 aliphatic carbocycles. The van der Waals surface area contributed by atoms with Crippen LogP contribution in [-0.4, -0.2) is 18.8 Å². The minimum absolute atomic E-state index is 0.0197. The number of carbonyl (C=O) groups is 1. The lowest BCUT2D eigenvalue weighted by molar-refractivity contribution is -0.123. The zero-order valence-corrected chi connectivity index (χ0v) is 13.9. The lowest BCUT2D eigenvalue weighted by atomic mass is 9.68. The van der Waals surface area contributed by atoms with E-state index in [4.69, 9.17) is 0 Å². The summed E-state index contributed by atoms with van der Waals surface area (Å²) in [6, 6.07) is 7.35. The van der Waals surface area contributed by atoms with Gasteiger partial charge >= 0.3 is 0 Å². The first-order valence-corrected chi connectivity index (χ1v) is 9.19. The first-order chi connectivity index (χ1) is 10.7. The minimum atomic E-state index is -4.48. The molecule has 4 rings (SSSR count). The number of Topliss-reactive ketones (excluding diaryl/α,β-unsaturated/α-hetero) is 1. The van der Waals surface area contributed by atoms with Crippen molar-refractivity contribution in [3.63, 3.8) is 0 Å². The second-order valence-corrected chi connectivity index (χ2v) is 8.65. The summed E-state index contributed by atoms with van der Waals surface area (Å²) in [5, 5.41) is 0. The normalized spacial score (nSPS) is 33.3. The molecule has 2 unspecified atom stereocenters. The van der Waals surface area contributed by atoms with Crippen LogP contribution in [0.2, 0.25) is 0 Å². The average Bonchev–Trinajstić information content (AvgIpc) is 2.81. The molecule has 0 radical (unpaired) electrons. The fourth-order valence-corrected chi connectivity index (χ4v) is 6.09. The summed E-state index contributed by atoms with van der Waals surface area (Å²) in [5.41, 5.74) is 0.551. The quantitative estimate of drug-likeness (QED) is 0.802. The fourth-order valence-electron chi connectivity index (χ4n) is 4.92. The van der Waals surface area contributed by atoms with Gasteiger partial charge in [0.2, 0.25) is 0 Å². The van der Waals surface area contributed by atoms with Crippen LogP contribution in [0.3, 0.4) is 0 Å². The second-order valence-electron chi connectivity index (χ2n) is 7.26. The van der Waals surface area contributed by atoms with E-state index in [1.54, 1.807) is 0 Å². The largest absolute Gasteiger partial charge is 0.293 e. The Labute approximate surface area is 135 Å². The first kappa shape index (κ1) is 14.8. The van der Waals surface area contributed by atoms with Gasteiger partial charge in [-0.15, -0.1) is 0 Å². The zero-order valence-electron chi connectivity index (χ0n) is 13.0. The average molecular weight is 330 g/mol. The topological polar surface area (TPSA) is 71.4 Å². The van der Waals surface area contributed by atoms with Gasteiger partial charge in [-0.2, -0.15) is 8.42 Å². The van der Waals surface area contributed by atoms with Crippen LogP contribution in [-0.2, 0) is 14.9 Å². The van der Waals surface area contributed by atoms with Crippen molar-refractivity contribution in [2.24, 2.45) is 16.7 Å². The van der Waals surface area contributed by atoms with E-state index in [2.05, 4.69) is 0 Å². The number of hydrogen-bond acceptors (Lipinski definition) is 3. The predicted molar refractivity (Wildman–Crippen MR) is 87.9 cm³/mol. The molecule has 120 valence electrons. The maximum absolute atomic E-state index is 13.1. The van der Waals surface area contributed by atoms with E-state index < -0.39 is 20.9 Å². The zero-order chi connectivity index (χ0) is 16.6. The third-order valence-corrected chi connectivity index (χ3v) is 7.12. The number of allylic oxidation sites excluding steroid dienone is 2. The lowest BCUT2D eigenvalue weighted by Crippen LogP contribution is -2.40. The summed E-state index contributed by atoms with van der Waals surface area (Å²) in [6.07, 6.45) is 4.63. The summed E-state index contributed by atoms with van der Waals surface area (Å²) in [6.45, 7) is 3.89. The van der Waals surface area contributed by atoms with E-state index in [0.29, 0.717) is 17.6 Å². The number of rotatable bonds is 1. The van der Waals surface area contributed by atoms with E-state index >= 15 is 0 Å². The molecule has 0 aliphatic heterocycles. The highest BCUT2D eigenvalue weighted by molar-refractivity contribution is 7.90. The first-order valence-electron chi connectivity index (χ1n) is 7.75. The molecule has 0 saturated heterocycles. The Morgan fingerprint density at radius 3 is 2.35 bits per heavy atom. The molecule has 2 saturated carbocycles. The number of carbonyl (C=O) groups excluding carboxylic acids is 1. The van der Waals surface area contributed by atoms with E-state index in [9.17, 15) is 17.8 Å². The smallest absolute Gasteiger partial charge is 0.291 e. The molecular weight excluding hydrogens is 312 g/mol. The molecule has 0 heterocycles. The third kappa shape index (κ3) is 1.64. The number of benzene rings is 1. The lowest BCUT2D eigenvalue weighted by Gasteiger charge is -2.37. The van der Waals surface area contributed by atoms with Crippen LogP contribution in [0.5, 0.6) is 0 Å². The Balaban J connectivity index is 2.17. The molecule has 1 N–H and O–H groups in total. The molecule has 1 aromatic rings. The van der Waals surface area contributed by atoms with Crippen molar-refractivity contribution in [1.29, 1.82) is 0 Å². The molecule has 3 aliphatic rings. The van der Waals surface area contributed by atoms with E-state index in [0.717, 1.165) is 12.0 Å². The maximum atomic E-state index is 13.1. The predicted octanol–water partition coefficient (Wildman–Crippen LogP) is 3.32. The molecule has 23 heavy (non-hydrogen) atoms. The van der Waals surface area contributed by atoms with Gasteiger partial charge in [-0.05, 0) is 47.5 Å². The van der Waals surface area contributed by atoms with Gasteiger partial charge in [0.25, 0.3) is 10.1 Å². The van der Waals surface area contributed by atoms with Gasteiger partial charge < -0.3 is 0 Å². The van der Waals surface area contributed by atoms with Crippen LogP contribution in [0.1, 0.15) is 37.8 Å². The van der Waals surface area contributed by atoms with Gasteiger partial charge in [0.1, 0.15) is 0 Å². The van der Waals surface area contributed by atoms with Crippen LogP contribution in [0.15, 0.2) is 34.7 Å². The Morgan fingerprint density at radius 2 is 1.74 bits per heavy atom. The van der Waals surface area contributed by atoms with Gasteiger partial charge in [-0.1, -0.05) is 38.1 Å². The van der Waals surface area contributed by atoms with E-state index in [-0.39, 0.29) is 16.6 Å². The van der Waals surface area contributed by atoms with Gasteiger partial charge in [-0.25, -0.2) is 0 Å². The molecule has 2 fully saturated rings. The molecular formula is C18H18O4S. The monoisotopic (exact) mass is 330 g/mol. The van der Waals surface area contributed by atoms with Gasteiger partial charge in [0.05, 0.1) is 10.3 Å². The Hall–Kier alpha value is -1.72. The van der Waals surface area contributed by atoms with Crippen molar-refractivity contribution in [3.8, 4) is 0 Å². The van der Waals surface area contributed by atoms with Gasteiger partial charge in [0, 0.05) is 5.57 Å².